The van der Waals surface area contributed by atoms with E-state index in [0.29, 0.717) is 22.0 Å². The molecule has 0 radical (unpaired) electrons. The van der Waals surface area contributed by atoms with Crippen molar-refractivity contribution in [3.05, 3.63) is 40.4 Å². The molecule has 128 valence electrons. The molecule has 1 aliphatic rings. The minimum atomic E-state index is -0.129. The van der Waals surface area contributed by atoms with Crippen LogP contribution in [0.15, 0.2) is 24.3 Å². The molecule has 0 saturated heterocycles. The average molecular weight is 344 g/mol. The molecule has 0 spiro atoms. The molecule has 1 aromatic heterocycles. The SMILES string of the molecule is COc1ccc(C(=O)Nc2nc3c(s2)C[C@@H](C(C)(C)C)CC3)cc1. The van der Waals surface area contributed by atoms with Crippen molar-refractivity contribution in [3.63, 3.8) is 0 Å². The zero-order valence-corrected chi connectivity index (χ0v) is 15.5. The van der Waals surface area contributed by atoms with Gasteiger partial charge in [0.05, 0.1) is 12.8 Å². The van der Waals surface area contributed by atoms with E-state index < -0.39 is 0 Å². The molecule has 1 heterocycles. The number of methoxy groups -OCH3 is 1. The second-order valence-electron chi connectivity index (χ2n) is 7.38. The van der Waals surface area contributed by atoms with Crippen LogP contribution >= 0.6 is 11.3 Å². The number of aryl methyl sites for hydroxylation is 1. The minimum absolute atomic E-state index is 0.129. The van der Waals surface area contributed by atoms with E-state index in [9.17, 15) is 4.79 Å². The summed E-state index contributed by atoms with van der Waals surface area (Å²) in [4.78, 5) is 18.3. The summed E-state index contributed by atoms with van der Waals surface area (Å²) >= 11 is 1.62. The zero-order chi connectivity index (χ0) is 17.3. The first-order valence-electron chi connectivity index (χ1n) is 8.31. The third-order valence-corrected chi connectivity index (χ3v) is 5.77. The van der Waals surface area contributed by atoms with Crippen molar-refractivity contribution < 1.29 is 9.53 Å². The summed E-state index contributed by atoms with van der Waals surface area (Å²) in [6, 6.07) is 7.10. The number of aromatic nitrogens is 1. The molecule has 1 amide bonds. The monoisotopic (exact) mass is 344 g/mol. The van der Waals surface area contributed by atoms with Crippen LogP contribution in [0.1, 0.15) is 48.1 Å². The first-order valence-corrected chi connectivity index (χ1v) is 9.12. The maximum Gasteiger partial charge on any atom is 0.257 e. The lowest BCUT2D eigenvalue weighted by molar-refractivity contribution is 0.102. The van der Waals surface area contributed by atoms with Gasteiger partial charge in [-0.15, -0.1) is 11.3 Å². The molecular weight excluding hydrogens is 320 g/mol. The van der Waals surface area contributed by atoms with Gasteiger partial charge < -0.3 is 4.74 Å². The standard InChI is InChI=1S/C19H24N2O2S/c1-19(2,3)13-7-10-15-16(11-13)24-18(20-15)21-17(22)12-5-8-14(23-4)9-6-12/h5-6,8-9,13H,7,10-11H2,1-4H3,(H,20,21,22)/t13-/m0/s1. The average Bonchev–Trinajstić information content (AvgIpc) is 2.95. The van der Waals surface area contributed by atoms with Gasteiger partial charge in [-0.1, -0.05) is 20.8 Å². The number of rotatable bonds is 3. The number of carbonyl (C=O) groups excluding carboxylic acids is 1. The number of anilines is 1. The highest BCUT2D eigenvalue weighted by Gasteiger charge is 2.30. The topological polar surface area (TPSA) is 51.2 Å². The molecule has 4 nitrogen and oxygen atoms in total. The lowest BCUT2D eigenvalue weighted by Gasteiger charge is -2.33. The Morgan fingerprint density at radius 1 is 1.29 bits per heavy atom. The number of fused-ring (bicyclic) bond motifs is 1. The van der Waals surface area contributed by atoms with Gasteiger partial charge in [-0.05, 0) is 54.9 Å². The number of nitrogens with zero attached hydrogens (tertiary/aromatic N) is 1. The number of hydrogen-bond donors (Lipinski definition) is 1. The van der Waals surface area contributed by atoms with Gasteiger partial charge in [0.1, 0.15) is 5.75 Å². The number of benzene rings is 1. The largest absolute Gasteiger partial charge is 0.497 e. The van der Waals surface area contributed by atoms with Crippen molar-refractivity contribution in [1.82, 2.24) is 4.98 Å². The fourth-order valence-electron chi connectivity index (χ4n) is 3.08. The van der Waals surface area contributed by atoms with Crippen LogP contribution in [0.4, 0.5) is 5.13 Å². The van der Waals surface area contributed by atoms with Crippen LogP contribution in [0.2, 0.25) is 0 Å². The van der Waals surface area contributed by atoms with Crippen LogP contribution in [0.25, 0.3) is 0 Å². The Bertz CT molecular complexity index is 729. The molecule has 5 heteroatoms. The third-order valence-electron chi connectivity index (χ3n) is 4.74. The van der Waals surface area contributed by atoms with Crippen LogP contribution in [0, 0.1) is 11.3 Å². The van der Waals surface area contributed by atoms with E-state index in [1.54, 1.807) is 42.7 Å². The van der Waals surface area contributed by atoms with Crippen molar-refractivity contribution in [1.29, 1.82) is 0 Å². The Hall–Kier alpha value is -1.88. The van der Waals surface area contributed by atoms with E-state index in [0.717, 1.165) is 24.3 Å². The van der Waals surface area contributed by atoms with Gasteiger partial charge in [0, 0.05) is 10.4 Å². The molecule has 0 fully saturated rings. The van der Waals surface area contributed by atoms with E-state index in [2.05, 4.69) is 31.1 Å². The fourth-order valence-corrected chi connectivity index (χ4v) is 4.16. The van der Waals surface area contributed by atoms with Crippen LogP contribution < -0.4 is 10.1 Å². The summed E-state index contributed by atoms with van der Waals surface area (Å²) in [7, 11) is 1.61. The highest BCUT2D eigenvalue weighted by Crippen LogP contribution is 2.40. The molecule has 0 aliphatic heterocycles. The van der Waals surface area contributed by atoms with E-state index in [1.807, 2.05) is 0 Å². The molecule has 0 saturated carbocycles. The molecule has 24 heavy (non-hydrogen) atoms. The van der Waals surface area contributed by atoms with Crippen molar-refractivity contribution in [2.45, 2.75) is 40.0 Å². The van der Waals surface area contributed by atoms with Gasteiger partial charge in [-0.2, -0.15) is 0 Å². The van der Waals surface area contributed by atoms with Crippen LogP contribution in [-0.2, 0) is 12.8 Å². The molecule has 2 aromatic rings. The lowest BCUT2D eigenvalue weighted by Crippen LogP contribution is -2.26. The van der Waals surface area contributed by atoms with Gasteiger partial charge in [0.25, 0.3) is 5.91 Å². The maximum atomic E-state index is 12.4. The minimum Gasteiger partial charge on any atom is -0.497 e. The number of nitrogens with one attached hydrogen (secondary N) is 1. The smallest absolute Gasteiger partial charge is 0.257 e. The van der Waals surface area contributed by atoms with E-state index in [1.165, 1.54) is 11.3 Å². The molecule has 0 bridgehead atoms. The predicted molar refractivity (Wildman–Crippen MR) is 98.0 cm³/mol. The maximum absolute atomic E-state index is 12.4. The number of hydrogen-bond acceptors (Lipinski definition) is 4. The molecule has 1 aromatic carbocycles. The lowest BCUT2D eigenvalue weighted by atomic mass is 9.73. The van der Waals surface area contributed by atoms with Crippen molar-refractivity contribution in [2.24, 2.45) is 11.3 Å². The highest BCUT2D eigenvalue weighted by molar-refractivity contribution is 7.15. The summed E-state index contributed by atoms with van der Waals surface area (Å²) in [6.45, 7) is 6.90. The first kappa shape index (κ1) is 17.0. The Labute approximate surface area is 147 Å². The van der Waals surface area contributed by atoms with Gasteiger partial charge in [-0.3, -0.25) is 10.1 Å². The number of carbonyl (C=O) groups is 1. The zero-order valence-electron chi connectivity index (χ0n) is 14.7. The number of ether oxygens (including phenoxy) is 1. The Morgan fingerprint density at radius 2 is 2.00 bits per heavy atom. The van der Waals surface area contributed by atoms with Crippen LogP contribution in [-0.4, -0.2) is 18.0 Å². The summed E-state index contributed by atoms with van der Waals surface area (Å²) in [5.74, 6) is 1.29. The van der Waals surface area contributed by atoms with Crippen LogP contribution in [0.5, 0.6) is 5.75 Å². The quantitative estimate of drug-likeness (QED) is 0.888. The van der Waals surface area contributed by atoms with Crippen molar-refractivity contribution >= 4 is 22.4 Å². The molecule has 3 rings (SSSR count). The summed E-state index contributed by atoms with van der Waals surface area (Å²) in [5.41, 5.74) is 2.08. The molecule has 1 aliphatic carbocycles. The van der Waals surface area contributed by atoms with Gasteiger partial charge in [0.2, 0.25) is 0 Å². The highest BCUT2D eigenvalue weighted by atomic mass is 32.1. The first-order chi connectivity index (χ1) is 11.4. The second kappa shape index (κ2) is 6.55. The summed E-state index contributed by atoms with van der Waals surface area (Å²) < 4.78 is 5.12. The number of thiazole rings is 1. The summed E-state index contributed by atoms with van der Waals surface area (Å²) in [6.07, 6.45) is 3.24. The van der Waals surface area contributed by atoms with E-state index >= 15 is 0 Å². The molecule has 0 unspecified atom stereocenters. The van der Waals surface area contributed by atoms with Crippen molar-refractivity contribution in [2.75, 3.05) is 12.4 Å². The Kier molecular flexibility index (Phi) is 4.63. The van der Waals surface area contributed by atoms with Crippen LogP contribution in [0.3, 0.4) is 0 Å². The number of amides is 1. The van der Waals surface area contributed by atoms with E-state index in [-0.39, 0.29) is 5.91 Å². The Balaban J connectivity index is 1.71. The fraction of sp³-hybridized carbons (Fsp3) is 0.474. The predicted octanol–water partition coefficient (Wildman–Crippen LogP) is 4.56. The Morgan fingerprint density at radius 3 is 2.62 bits per heavy atom. The molecule has 1 atom stereocenters. The van der Waals surface area contributed by atoms with E-state index in [4.69, 9.17) is 4.74 Å². The molecule has 1 N–H and O–H groups in total. The molecular formula is C19H24N2O2S. The third kappa shape index (κ3) is 3.61. The van der Waals surface area contributed by atoms with Gasteiger partial charge in [0.15, 0.2) is 5.13 Å². The van der Waals surface area contributed by atoms with Crippen molar-refractivity contribution in [3.8, 4) is 5.75 Å². The second-order valence-corrected chi connectivity index (χ2v) is 8.46. The summed E-state index contributed by atoms with van der Waals surface area (Å²) in [5, 5.41) is 3.64. The van der Waals surface area contributed by atoms with Gasteiger partial charge >= 0.3 is 0 Å². The normalized spacial score (nSPS) is 17.2. The van der Waals surface area contributed by atoms with Gasteiger partial charge in [-0.25, -0.2) is 4.98 Å².